The molecule has 0 unspecified atom stereocenters. The molecular formula is C16H20O7. The molecule has 7 heteroatoms. The molecule has 0 radical (unpaired) electrons. The summed E-state index contributed by atoms with van der Waals surface area (Å²) in [6.07, 6.45) is 0.261. The van der Waals surface area contributed by atoms with Crippen molar-refractivity contribution in [2.45, 2.75) is 38.9 Å². The van der Waals surface area contributed by atoms with E-state index in [4.69, 9.17) is 18.9 Å². The third-order valence-electron chi connectivity index (χ3n) is 3.82. The zero-order chi connectivity index (χ0) is 17.2. The zero-order valence-electron chi connectivity index (χ0n) is 13.6. The highest BCUT2D eigenvalue weighted by Gasteiger charge is 2.46. The fourth-order valence-corrected chi connectivity index (χ4v) is 2.75. The predicted octanol–water partition coefficient (Wildman–Crippen LogP) is 2.02. The van der Waals surface area contributed by atoms with Crippen LogP contribution in [0.3, 0.4) is 0 Å². The van der Waals surface area contributed by atoms with E-state index in [-0.39, 0.29) is 23.7 Å². The van der Waals surface area contributed by atoms with Gasteiger partial charge in [0, 0.05) is 17.5 Å². The van der Waals surface area contributed by atoms with Crippen LogP contribution in [0, 0.1) is 0 Å². The quantitative estimate of drug-likeness (QED) is 0.654. The van der Waals surface area contributed by atoms with Crippen LogP contribution in [-0.2, 0) is 31.3 Å². The summed E-state index contributed by atoms with van der Waals surface area (Å²) in [5, 5.41) is 10.2. The van der Waals surface area contributed by atoms with Gasteiger partial charge in [-0.1, -0.05) is 13.8 Å². The molecule has 0 aliphatic carbocycles. The zero-order valence-corrected chi connectivity index (χ0v) is 13.6. The van der Waals surface area contributed by atoms with Gasteiger partial charge in [0.1, 0.15) is 6.42 Å². The number of hydrogen-bond donors (Lipinski definition) is 1. The van der Waals surface area contributed by atoms with Crippen LogP contribution in [0.4, 0.5) is 0 Å². The smallest absolute Gasteiger partial charge is 0.320 e. The van der Waals surface area contributed by atoms with E-state index in [1.165, 1.54) is 20.3 Å². The maximum atomic E-state index is 11.8. The lowest BCUT2D eigenvalue weighted by Crippen LogP contribution is -2.43. The molecule has 0 atom stereocenters. The van der Waals surface area contributed by atoms with Crippen LogP contribution >= 0.6 is 0 Å². The first kappa shape index (κ1) is 16.9. The van der Waals surface area contributed by atoms with Crippen molar-refractivity contribution in [2.75, 3.05) is 14.2 Å². The van der Waals surface area contributed by atoms with Crippen LogP contribution in [0.25, 0.3) is 0 Å². The maximum absolute atomic E-state index is 11.8. The number of rotatable bonds is 5. The lowest BCUT2D eigenvalue weighted by Gasteiger charge is -2.37. The summed E-state index contributed by atoms with van der Waals surface area (Å²) < 4.78 is 21.2. The van der Waals surface area contributed by atoms with Crippen LogP contribution < -0.4 is 9.47 Å². The van der Waals surface area contributed by atoms with Gasteiger partial charge in [0.2, 0.25) is 5.75 Å². The number of hydrogen-bond acceptors (Lipinski definition) is 7. The summed E-state index contributed by atoms with van der Waals surface area (Å²) in [6.45, 7) is 3.58. The molecule has 1 N–H and O–H groups in total. The Bertz CT molecular complexity index is 620. The minimum absolute atomic E-state index is 0.138. The molecule has 1 aromatic carbocycles. The van der Waals surface area contributed by atoms with Gasteiger partial charge in [0.15, 0.2) is 11.5 Å². The van der Waals surface area contributed by atoms with Crippen molar-refractivity contribution in [1.82, 2.24) is 0 Å². The molecular weight excluding hydrogens is 304 g/mol. The number of phenols is 1. The molecule has 1 heterocycles. The number of phenolic OH excluding ortho intramolecular Hbond substituents is 1. The maximum Gasteiger partial charge on any atom is 0.320 e. The van der Waals surface area contributed by atoms with Crippen molar-refractivity contribution < 1.29 is 33.6 Å². The molecule has 126 valence electrons. The third-order valence-corrected chi connectivity index (χ3v) is 3.82. The van der Waals surface area contributed by atoms with E-state index in [1.807, 2.05) is 6.92 Å². The first-order valence-corrected chi connectivity index (χ1v) is 7.33. The molecule has 0 saturated carbocycles. The average molecular weight is 324 g/mol. The second-order valence-corrected chi connectivity index (χ2v) is 5.07. The molecule has 0 spiro atoms. The Hall–Kier alpha value is -2.44. The molecule has 1 saturated heterocycles. The summed E-state index contributed by atoms with van der Waals surface area (Å²) in [4.78, 5) is 23.5. The number of cyclic esters (lactones) is 2. The number of ether oxygens (including phenoxy) is 4. The summed E-state index contributed by atoms with van der Waals surface area (Å²) in [5.41, 5.74) is 1.01. The SMILES string of the molecule is CCc1c(C2(CC)OC(=O)CC(=O)O2)cc(OC)c(O)c1OC. The van der Waals surface area contributed by atoms with Crippen molar-refractivity contribution in [2.24, 2.45) is 0 Å². The van der Waals surface area contributed by atoms with Crippen LogP contribution in [-0.4, -0.2) is 31.3 Å². The van der Waals surface area contributed by atoms with Gasteiger partial charge >= 0.3 is 11.9 Å². The number of carbonyl (C=O) groups excluding carboxylic acids is 2. The van der Waals surface area contributed by atoms with Crippen LogP contribution in [0.15, 0.2) is 6.07 Å². The monoisotopic (exact) mass is 324 g/mol. The third kappa shape index (κ3) is 2.78. The van der Waals surface area contributed by atoms with E-state index in [2.05, 4.69) is 0 Å². The second-order valence-electron chi connectivity index (χ2n) is 5.07. The van der Waals surface area contributed by atoms with Gasteiger partial charge in [-0.05, 0) is 12.5 Å². The van der Waals surface area contributed by atoms with E-state index in [0.29, 0.717) is 17.5 Å². The summed E-state index contributed by atoms with van der Waals surface area (Å²) in [5.74, 6) is -2.68. The molecule has 0 aromatic heterocycles. The van der Waals surface area contributed by atoms with Gasteiger partial charge in [-0.2, -0.15) is 0 Å². The second kappa shape index (κ2) is 6.36. The van der Waals surface area contributed by atoms with Crippen molar-refractivity contribution in [3.63, 3.8) is 0 Å². The molecule has 2 rings (SSSR count). The topological polar surface area (TPSA) is 91.3 Å². The van der Waals surface area contributed by atoms with Gasteiger partial charge < -0.3 is 24.1 Å². The predicted molar refractivity (Wildman–Crippen MR) is 79.4 cm³/mol. The van der Waals surface area contributed by atoms with Crippen LogP contribution in [0.2, 0.25) is 0 Å². The highest BCUT2D eigenvalue weighted by Crippen LogP contribution is 2.47. The number of methoxy groups -OCH3 is 2. The molecule has 1 aromatic rings. The molecule has 1 fully saturated rings. The lowest BCUT2D eigenvalue weighted by atomic mass is 9.93. The Morgan fingerprint density at radius 1 is 1.17 bits per heavy atom. The Labute approximate surface area is 134 Å². The van der Waals surface area contributed by atoms with Crippen LogP contribution in [0.1, 0.15) is 37.8 Å². The minimum atomic E-state index is -1.55. The average Bonchev–Trinajstić information content (AvgIpc) is 2.52. The van der Waals surface area contributed by atoms with Gasteiger partial charge in [0.05, 0.1) is 14.2 Å². The normalized spacial score (nSPS) is 16.5. The standard InChI is InChI=1S/C16H20O7/c1-5-9-10(7-11(20-3)14(19)15(9)21-4)16(6-2)22-12(17)8-13(18)23-16/h7,19H,5-6,8H2,1-4H3. The number of benzene rings is 1. The van der Waals surface area contributed by atoms with Crippen molar-refractivity contribution in [3.05, 3.63) is 17.2 Å². The minimum Gasteiger partial charge on any atom is -0.502 e. The molecule has 1 aliphatic rings. The van der Waals surface area contributed by atoms with E-state index in [9.17, 15) is 14.7 Å². The summed E-state index contributed by atoms with van der Waals surface area (Å²) in [7, 11) is 2.80. The van der Waals surface area contributed by atoms with Gasteiger partial charge in [-0.3, -0.25) is 9.59 Å². The lowest BCUT2D eigenvalue weighted by molar-refractivity contribution is -0.251. The first-order valence-electron chi connectivity index (χ1n) is 7.33. The highest BCUT2D eigenvalue weighted by molar-refractivity contribution is 5.93. The summed E-state index contributed by atoms with van der Waals surface area (Å²) in [6, 6.07) is 1.51. The molecule has 0 bridgehead atoms. The Morgan fingerprint density at radius 2 is 1.78 bits per heavy atom. The van der Waals surface area contributed by atoms with E-state index in [1.54, 1.807) is 6.92 Å². The largest absolute Gasteiger partial charge is 0.502 e. The Balaban J connectivity index is 2.73. The summed E-state index contributed by atoms with van der Waals surface area (Å²) >= 11 is 0. The highest BCUT2D eigenvalue weighted by atomic mass is 16.7. The van der Waals surface area contributed by atoms with Gasteiger partial charge in [0.25, 0.3) is 5.79 Å². The fraction of sp³-hybridized carbons (Fsp3) is 0.500. The number of esters is 2. The fourth-order valence-electron chi connectivity index (χ4n) is 2.75. The van der Waals surface area contributed by atoms with E-state index < -0.39 is 24.1 Å². The molecule has 7 nitrogen and oxygen atoms in total. The Kier molecular flexibility index (Phi) is 4.68. The molecule has 0 amide bonds. The number of carbonyl (C=O) groups is 2. The van der Waals surface area contributed by atoms with Crippen molar-refractivity contribution >= 4 is 11.9 Å². The van der Waals surface area contributed by atoms with E-state index >= 15 is 0 Å². The van der Waals surface area contributed by atoms with E-state index in [0.717, 1.165) is 0 Å². The van der Waals surface area contributed by atoms with Gasteiger partial charge in [-0.15, -0.1) is 0 Å². The van der Waals surface area contributed by atoms with Gasteiger partial charge in [-0.25, -0.2) is 0 Å². The molecule has 1 aliphatic heterocycles. The Morgan fingerprint density at radius 3 is 2.22 bits per heavy atom. The van der Waals surface area contributed by atoms with Crippen LogP contribution in [0.5, 0.6) is 17.2 Å². The number of aromatic hydroxyl groups is 1. The van der Waals surface area contributed by atoms with Crippen molar-refractivity contribution in [1.29, 1.82) is 0 Å². The molecule has 23 heavy (non-hydrogen) atoms. The first-order chi connectivity index (χ1) is 10.9. The van der Waals surface area contributed by atoms with Crippen molar-refractivity contribution in [3.8, 4) is 17.2 Å².